The summed E-state index contributed by atoms with van der Waals surface area (Å²) in [7, 11) is 1.60. The molecular weight excluding hydrogens is 767 g/mol. The number of pyridine rings is 2. The molecule has 7 rings (SSSR count). The summed E-state index contributed by atoms with van der Waals surface area (Å²) in [5.41, 5.74) is 8.75. The van der Waals surface area contributed by atoms with E-state index in [0.29, 0.717) is 60.9 Å². The third-order valence-corrected chi connectivity index (χ3v) is 11.0. The highest BCUT2D eigenvalue weighted by molar-refractivity contribution is 5.95. The third-order valence-electron chi connectivity index (χ3n) is 11.0. The molecule has 2 fully saturated rings. The molecule has 60 heavy (non-hydrogen) atoms. The van der Waals surface area contributed by atoms with Gasteiger partial charge in [0.05, 0.1) is 41.8 Å². The van der Waals surface area contributed by atoms with Crippen LogP contribution >= 0.6 is 0 Å². The maximum atomic E-state index is 12.8. The molecule has 3 aromatic carbocycles. The number of para-hydroxylation sites is 2. The van der Waals surface area contributed by atoms with Crippen molar-refractivity contribution in [3.05, 3.63) is 120 Å². The number of hydrogen-bond donors (Lipinski definition) is 6. The number of fused-ring (bicyclic) bond motifs is 1. The Morgan fingerprint density at radius 3 is 2.17 bits per heavy atom. The van der Waals surface area contributed by atoms with Crippen molar-refractivity contribution >= 4 is 34.5 Å². The van der Waals surface area contributed by atoms with Gasteiger partial charge in [0.1, 0.15) is 18.1 Å². The predicted octanol–water partition coefficient (Wildman–Crippen LogP) is 5.23. The van der Waals surface area contributed by atoms with Crippen LogP contribution in [0.3, 0.4) is 0 Å². The molecular formula is C45H51N7O8. The SMILES string of the molecule is COc1ccccc1-c1ccc(C(=O)N[C@@H]2CCC[C@@H]2C(=O)NO)cn1.Cc1cc(COc2ccc(C(=O)N[C@@H]3CN(C(C)C)C[C@@H]3C(=O)NO)cc2)c2ccccc2n1. The van der Waals surface area contributed by atoms with E-state index >= 15 is 0 Å². The van der Waals surface area contributed by atoms with Gasteiger partial charge in [-0.15, -0.1) is 0 Å². The standard InChI is InChI=1S/C26H30N4O4.C19H21N3O4/c1-16(2)30-13-22(26(32)29-33)24(14-30)28-25(31)18-8-10-20(11-9-18)34-15-19-12-17(3)27-23-7-5-4-6-21(19)23;1-26-17-8-3-2-5-13(17)15-10-9-12(11-20-15)18(23)21-16-7-4-6-14(16)19(24)22-25/h4-12,16,22,24,33H,13-15H2,1-3H3,(H,28,31)(H,29,32);2-3,5,8-11,14,16,25H,4,6-7H2,1H3,(H,21,23)(H,22,24)/t22-,24+;14-,16+/m00/s1. The summed E-state index contributed by atoms with van der Waals surface area (Å²) < 4.78 is 11.3. The van der Waals surface area contributed by atoms with E-state index in [4.69, 9.17) is 19.9 Å². The number of aromatic nitrogens is 2. The van der Waals surface area contributed by atoms with E-state index < -0.39 is 23.7 Å². The third kappa shape index (κ3) is 10.4. The zero-order chi connectivity index (χ0) is 42.8. The minimum atomic E-state index is -0.516. The van der Waals surface area contributed by atoms with Crippen LogP contribution in [-0.4, -0.2) is 87.2 Å². The van der Waals surface area contributed by atoms with Crippen LogP contribution in [-0.2, 0) is 16.2 Å². The number of ether oxygens (including phenoxy) is 2. The van der Waals surface area contributed by atoms with Crippen molar-refractivity contribution in [2.24, 2.45) is 11.8 Å². The lowest BCUT2D eigenvalue weighted by atomic mass is 10.0. The molecule has 1 saturated carbocycles. The van der Waals surface area contributed by atoms with Gasteiger partial charge in [0.25, 0.3) is 11.8 Å². The van der Waals surface area contributed by atoms with Crippen LogP contribution in [0.15, 0.2) is 97.2 Å². The molecule has 2 aliphatic rings. The quantitative estimate of drug-likeness (QED) is 0.0711. The molecule has 1 aliphatic heterocycles. The maximum absolute atomic E-state index is 12.8. The number of rotatable bonds is 12. The Morgan fingerprint density at radius 1 is 0.800 bits per heavy atom. The van der Waals surface area contributed by atoms with Crippen molar-refractivity contribution in [3.8, 4) is 22.8 Å². The topological polar surface area (TPSA) is 204 Å². The molecule has 1 saturated heterocycles. The van der Waals surface area contributed by atoms with Gasteiger partial charge >= 0.3 is 0 Å². The lowest BCUT2D eigenvalue weighted by molar-refractivity contribution is -0.134. The van der Waals surface area contributed by atoms with Gasteiger partial charge in [0.2, 0.25) is 11.8 Å². The first-order chi connectivity index (χ1) is 29.0. The smallest absolute Gasteiger partial charge is 0.253 e. The number of hydroxylamine groups is 2. The van der Waals surface area contributed by atoms with Gasteiger partial charge in [-0.05, 0) is 94.3 Å². The zero-order valence-electron chi connectivity index (χ0n) is 34.1. The van der Waals surface area contributed by atoms with Crippen LogP contribution in [0, 0.1) is 18.8 Å². The van der Waals surface area contributed by atoms with Crippen molar-refractivity contribution in [1.82, 2.24) is 36.5 Å². The number of nitrogens with one attached hydrogen (secondary N) is 4. The fraction of sp³-hybridized carbons (Fsp3) is 0.333. The summed E-state index contributed by atoms with van der Waals surface area (Å²) in [5.74, 6) is -1.07. The molecule has 4 atom stereocenters. The normalized spacial score (nSPS) is 18.6. The Labute approximate surface area is 348 Å². The molecule has 3 heterocycles. The van der Waals surface area contributed by atoms with E-state index in [2.05, 4.69) is 25.5 Å². The molecule has 4 amide bonds. The molecule has 15 nitrogen and oxygen atoms in total. The van der Waals surface area contributed by atoms with Crippen LogP contribution in [0.5, 0.6) is 11.5 Å². The van der Waals surface area contributed by atoms with Crippen LogP contribution in [0.25, 0.3) is 22.2 Å². The first-order valence-electron chi connectivity index (χ1n) is 19.9. The Kier molecular flexibility index (Phi) is 14.4. The monoisotopic (exact) mass is 817 g/mol. The second kappa shape index (κ2) is 20.0. The van der Waals surface area contributed by atoms with Crippen molar-refractivity contribution in [3.63, 3.8) is 0 Å². The van der Waals surface area contributed by atoms with Gasteiger partial charge in [-0.3, -0.25) is 44.5 Å². The van der Waals surface area contributed by atoms with Crippen LogP contribution in [0.2, 0.25) is 0 Å². The second-order valence-corrected chi connectivity index (χ2v) is 15.2. The van der Waals surface area contributed by atoms with E-state index in [-0.39, 0.29) is 29.9 Å². The largest absolute Gasteiger partial charge is 0.496 e. The average molecular weight is 818 g/mol. The number of benzene rings is 3. The average Bonchev–Trinajstić information content (AvgIpc) is 3.93. The minimum Gasteiger partial charge on any atom is -0.496 e. The molecule has 0 radical (unpaired) electrons. The number of likely N-dealkylation sites (tertiary alicyclic amines) is 1. The van der Waals surface area contributed by atoms with Gasteiger partial charge in [0.15, 0.2) is 0 Å². The van der Waals surface area contributed by atoms with Crippen molar-refractivity contribution in [2.75, 3.05) is 20.2 Å². The van der Waals surface area contributed by atoms with E-state index in [0.717, 1.165) is 34.1 Å². The summed E-state index contributed by atoms with van der Waals surface area (Å²) in [6.07, 6.45) is 3.68. The summed E-state index contributed by atoms with van der Waals surface area (Å²) in [6, 6.07) is 27.5. The van der Waals surface area contributed by atoms with Crippen molar-refractivity contribution < 1.29 is 39.1 Å². The fourth-order valence-corrected chi connectivity index (χ4v) is 7.71. The zero-order valence-corrected chi connectivity index (χ0v) is 34.1. The molecule has 0 spiro atoms. The summed E-state index contributed by atoms with van der Waals surface area (Å²) in [5, 5.41) is 24.8. The first-order valence-corrected chi connectivity index (χ1v) is 19.9. The highest BCUT2D eigenvalue weighted by Crippen LogP contribution is 2.29. The number of hydrogen-bond acceptors (Lipinski definition) is 11. The van der Waals surface area contributed by atoms with E-state index in [9.17, 15) is 19.2 Å². The van der Waals surface area contributed by atoms with Gasteiger partial charge in [-0.2, -0.15) is 0 Å². The van der Waals surface area contributed by atoms with Crippen LogP contribution in [0.4, 0.5) is 0 Å². The van der Waals surface area contributed by atoms with Gasteiger partial charge in [0, 0.05) is 59.1 Å². The molecule has 0 bridgehead atoms. The Balaban J connectivity index is 0.000000209. The predicted molar refractivity (Wildman–Crippen MR) is 223 cm³/mol. The number of nitrogens with zero attached hydrogens (tertiary/aromatic N) is 3. The van der Waals surface area contributed by atoms with Crippen LogP contribution < -0.4 is 31.1 Å². The van der Waals surface area contributed by atoms with Gasteiger partial charge in [-0.1, -0.05) is 36.8 Å². The lowest BCUT2D eigenvalue weighted by Gasteiger charge is -2.20. The molecule has 6 N–H and O–H groups in total. The fourth-order valence-electron chi connectivity index (χ4n) is 7.71. The molecule has 1 aliphatic carbocycles. The van der Waals surface area contributed by atoms with Gasteiger partial charge < -0.3 is 20.1 Å². The summed E-state index contributed by atoms with van der Waals surface area (Å²) in [6.45, 7) is 7.44. The van der Waals surface area contributed by atoms with Crippen molar-refractivity contribution in [1.29, 1.82) is 0 Å². The second-order valence-electron chi connectivity index (χ2n) is 15.2. The molecule has 314 valence electrons. The van der Waals surface area contributed by atoms with Gasteiger partial charge in [-0.25, -0.2) is 11.0 Å². The number of methoxy groups -OCH3 is 1. The summed E-state index contributed by atoms with van der Waals surface area (Å²) in [4.78, 5) is 60.1. The van der Waals surface area contributed by atoms with Crippen molar-refractivity contribution in [2.45, 2.75) is 64.8 Å². The Hall–Kier alpha value is -6.42. The van der Waals surface area contributed by atoms with E-state index in [1.54, 1.807) is 54.5 Å². The molecule has 15 heteroatoms. The number of carbonyl (C=O) groups excluding carboxylic acids is 4. The van der Waals surface area contributed by atoms with E-state index in [1.165, 1.54) is 6.20 Å². The van der Waals surface area contributed by atoms with Crippen LogP contribution in [0.1, 0.15) is 65.1 Å². The maximum Gasteiger partial charge on any atom is 0.253 e. The lowest BCUT2D eigenvalue weighted by Crippen LogP contribution is -2.45. The number of carbonyl (C=O) groups is 4. The number of amides is 4. The molecule has 0 unspecified atom stereocenters. The highest BCUT2D eigenvalue weighted by atomic mass is 16.5. The first kappa shape index (κ1) is 43.2. The summed E-state index contributed by atoms with van der Waals surface area (Å²) >= 11 is 0. The Bertz CT molecular complexity index is 2290. The Morgan fingerprint density at radius 2 is 1.47 bits per heavy atom. The molecule has 2 aromatic heterocycles. The highest BCUT2D eigenvalue weighted by Gasteiger charge is 2.39. The number of aryl methyl sites for hydroxylation is 1. The van der Waals surface area contributed by atoms with E-state index in [1.807, 2.05) is 75.4 Å². The molecule has 5 aromatic rings. The minimum absolute atomic E-state index is 0.230.